The van der Waals surface area contributed by atoms with Gasteiger partial charge in [-0.2, -0.15) is 13.2 Å². The van der Waals surface area contributed by atoms with Gasteiger partial charge in [-0.25, -0.2) is 8.42 Å². The van der Waals surface area contributed by atoms with Gasteiger partial charge < -0.3 is 5.11 Å². The van der Waals surface area contributed by atoms with E-state index in [1.54, 1.807) is 12.1 Å². The lowest BCUT2D eigenvalue weighted by molar-refractivity contribution is -0.138. The second-order valence-corrected chi connectivity index (χ2v) is 8.82. The summed E-state index contributed by atoms with van der Waals surface area (Å²) in [6, 6.07) is 8.86. The highest BCUT2D eigenvalue weighted by molar-refractivity contribution is 7.92. The Hall–Kier alpha value is -2.99. The first-order valence-electron chi connectivity index (χ1n) is 9.45. The van der Waals surface area contributed by atoms with Crippen molar-refractivity contribution in [2.75, 3.05) is 4.72 Å². The predicted molar refractivity (Wildman–Crippen MR) is 111 cm³/mol. The Morgan fingerprint density at radius 3 is 2.48 bits per heavy atom. The Kier molecular flexibility index (Phi) is 7.74. The maximum atomic E-state index is 13.1. The van der Waals surface area contributed by atoms with E-state index in [9.17, 15) is 26.4 Å². The molecule has 0 aliphatic carbocycles. The van der Waals surface area contributed by atoms with Gasteiger partial charge in [0.25, 0.3) is 10.0 Å². The van der Waals surface area contributed by atoms with E-state index in [0.717, 1.165) is 23.8 Å². The van der Waals surface area contributed by atoms with E-state index >= 15 is 0 Å². The topological polar surface area (TPSA) is 83.5 Å². The molecule has 0 aliphatic rings. The lowest BCUT2D eigenvalue weighted by Crippen LogP contribution is -2.15. The molecule has 166 valence electrons. The van der Waals surface area contributed by atoms with Crippen molar-refractivity contribution < 1.29 is 31.5 Å². The van der Waals surface area contributed by atoms with Gasteiger partial charge in [0.1, 0.15) is 0 Å². The summed E-state index contributed by atoms with van der Waals surface area (Å²) in [6.07, 6.45) is -4.37. The number of nitrogens with one attached hydrogen (secondary N) is 1. The van der Waals surface area contributed by atoms with Crippen LogP contribution in [0.3, 0.4) is 0 Å². The fourth-order valence-corrected chi connectivity index (χ4v) is 3.78. The highest BCUT2D eigenvalue weighted by Gasteiger charge is 2.31. The molecule has 0 fully saturated rings. The minimum atomic E-state index is -4.62. The molecular weight excluding hydrogens is 431 g/mol. The SMILES string of the molecule is CC(C)c1cccc(S(=O)(=O)Nc2ccc(C(F)(F)F)cc2C#CCCCC(=O)O)c1. The average Bonchev–Trinajstić information content (AvgIpc) is 2.67. The smallest absolute Gasteiger partial charge is 0.416 e. The molecule has 0 bridgehead atoms. The average molecular weight is 453 g/mol. The number of rotatable bonds is 7. The highest BCUT2D eigenvalue weighted by Crippen LogP contribution is 2.32. The Bertz CT molecular complexity index is 1110. The molecular formula is C22H22F3NO4S. The molecule has 0 unspecified atom stereocenters. The van der Waals surface area contributed by atoms with Crippen LogP contribution in [-0.2, 0) is 21.0 Å². The lowest BCUT2D eigenvalue weighted by atomic mass is 10.0. The van der Waals surface area contributed by atoms with Crippen LogP contribution in [0.4, 0.5) is 18.9 Å². The molecule has 2 aromatic carbocycles. The first-order chi connectivity index (χ1) is 14.4. The molecule has 0 amide bonds. The van der Waals surface area contributed by atoms with E-state index in [2.05, 4.69) is 16.6 Å². The summed E-state index contributed by atoms with van der Waals surface area (Å²) in [5.74, 6) is 4.23. The number of carboxylic acid groups (broad SMARTS) is 1. The molecule has 31 heavy (non-hydrogen) atoms. The van der Waals surface area contributed by atoms with Gasteiger partial charge >= 0.3 is 12.1 Å². The summed E-state index contributed by atoms with van der Waals surface area (Å²) in [6.45, 7) is 3.82. The van der Waals surface area contributed by atoms with E-state index in [0.29, 0.717) is 0 Å². The molecule has 0 saturated heterocycles. The molecule has 2 aromatic rings. The maximum absolute atomic E-state index is 13.1. The van der Waals surface area contributed by atoms with Gasteiger partial charge in [-0.05, 0) is 48.2 Å². The van der Waals surface area contributed by atoms with Gasteiger partial charge in [0, 0.05) is 18.4 Å². The molecule has 5 nitrogen and oxygen atoms in total. The summed E-state index contributed by atoms with van der Waals surface area (Å²) < 4.78 is 67.3. The van der Waals surface area contributed by atoms with E-state index in [1.807, 2.05) is 13.8 Å². The van der Waals surface area contributed by atoms with Gasteiger partial charge in [-0.1, -0.05) is 37.8 Å². The maximum Gasteiger partial charge on any atom is 0.416 e. The van der Waals surface area contributed by atoms with Gasteiger partial charge in [0.2, 0.25) is 0 Å². The minimum Gasteiger partial charge on any atom is -0.481 e. The van der Waals surface area contributed by atoms with Crippen molar-refractivity contribution >= 4 is 21.7 Å². The van der Waals surface area contributed by atoms with E-state index in [1.165, 1.54) is 12.1 Å². The van der Waals surface area contributed by atoms with Gasteiger partial charge in [-0.15, -0.1) is 0 Å². The van der Waals surface area contributed by atoms with Crippen molar-refractivity contribution in [1.82, 2.24) is 0 Å². The molecule has 0 atom stereocenters. The third kappa shape index (κ3) is 7.03. The van der Waals surface area contributed by atoms with Crippen LogP contribution in [0.5, 0.6) is 0 Å². The van der Waals surface area contributed by atoms with Crippen LogP contribution >= 0.6 is 0 Å². The number of hydrogen-bond donors (Lipinski definition) is 2. The zero-order valence-electron chi connectivity index (χ0n) is 17.0. The number of hydrogen-bond acceptors (Lipinski definition) is 3. The van der Waals surface area contributed by atoms with Crippen LogP contribution < -0.4 is 4.72 Å². The molecule has 2 rings (SSSR count). The van der Waals surface area contributed by atoms with Crippen molar-refractivity contribution in [3.8, 4) is 11.8 Å². The molecule has 0 radical (unpaired) electrons. The van der Waals surface area contributed by atoms with Gasteiger partial charge in [0.05, 0.1) is 16.1 Å². The molecule has 9 heteroatoms. The standard InChI is InChI=1S/C22H22F3NO4S/c1-15(2)16-8-6-9-19(14-16)31(29,30)26-20-12-11-18(22(23,24)25)13-17(20)7-4-3-5-10-21(27)28/h6,8-9,11-15,26H,3,5,10H2,1-2H3,(H,27,28). The van der Waals surface area contributed by atoms with E-state index in [4.69, 9.17) is 5.11 Å². The zero-order valence-corrected chi connectivity index (χ0v) is 17.8. The Balaban J connectivity index is 2.39. The summed E-state index contributed by atoms with van der Waals surface area (Å²) in [5.41, 5.74) is -0.400. The summed E-state index contributed by atoms with van der Waals surface area (Å²) in [5, 5.41) is 8.64. The van der Waals surface area contributed by atoms with Gasteiger partial charge in [-0.3, -0.25) is 9.52 Å². The molecule has 0 spiro atoms. The van der Waals surface area contributed by atoms with Crippen molar-refractivity contribution in [2.24, 2.45) is 0 Å². The van der Waals surface area contributed by atoms with Crippen molar-refractivity contribution in [3.63, 3.8) is 0 Å². The number of carboxylic acids is 1. The number of aliphatic carboxylic acids is 1. The van der Waals surface area contributed by atoms with Crippen LogP contribution in [-0.4, -0.2) is 19.5 Å². The molecule has 0 aliphatic heterocycles. The fourth-order valence-electron chi connectivity index (χ4n) is 2.64. The number of benzene rings is 2. The van der Waals surface area contributed by atoms with Crippen LogP contribution in [0.2, 0.25) is 0 Å². The van der Waals surface area contributed by atoms with Crippen molar-refractivity contribution in [3.05, 3.63) is 59.2 Å². The molecule has 0 saturated carbocycles. The highest BCUT2D eigenvalue weighted by atomic mass is 32.2. The van der Waals surface area contributed by atoms with Crippen molar-refractivity contribution in [1.29, 1.82) is 0 Å². The number of sulfonamides is 1. The summed E-state index contributed by atoms with van der Waals surface area (Å²) >= 11 is 0. The van der Waals surface area contributed by atoms with Gasteiger partial charge in [0.15, 0.2) is 0 Å². The largest absolute Gasteiger partial charge is 0.481 e. The van der Waals surface area contributed by atoms with Crippen LogP contribution in [0.25, 0.3) is 0 Å². The lowest BCUT2D eigenvalue weighted by Gasteiger charge is -2.14. The molecule has 2 N–H and O–H groups in total. The first kappa shape index (κ1) is 24.3. The second-order valence-electron chi connectivity index (χ2n) is 7.14. The van der Waals surface area contributed by atoms with E-state index < -0.39 is 27.7 Å². The first-order valence-corrected chi connectivity index (χ1v) is 10.9. The number of carbonyl (C=O) groups is 1. The normalized spacial score (nSPS) is 11.7. The monoisotopic (exact) mass is 453 g/mol. The predicted octanol–water partition coefficient (Wildman–Crippen LogP) is 5.24. The quantitative estimate of drug-likeness (QED) is 0.444. The zero-order chi connectivity index (χ0) is 23.2. The van der Waals surface area contributed by atoms with Crippen LogP contribution in [0.1, 0.15) is 55.7 Å². The third-order valence-corrected chi connectivity index (χ3v) is 5.70. The number of halogens is 3. The fraction of sp³-hybridized carbons (Fsp3) is 0.318. The Morgan fingerprint density at radius 1 is 1.16 bits per heavy atom. The Labute approximate surface area is 179 Å². The minimum absolute atomic E-state index is 0.0148. The molecule has 0 aromatic heterocycles. The van der Waals surface area contributed by atoms with Crippen molar-refractivity contribution in [2.45, 2.75) is 50.1 Å². The second kappa shape index (κ2) is 9.88. The third-order valence-electron chi connectivity index (χ3n) is 4.34. The van der Waals surface area contributed by atoms with E-state index in [-0.39, 0.29) is 41.3 Å². The summed E-state index contributed by atoms with van der Waals surface area (Å²) in [7, 11) is -4.06. The van der Waals surface area contributed by atoms with Crippen LogP contribution in [0.15, 0.2) is 47.4 Å². The summed E-state index contributed by atoms with van der Waals surface area (Å²) in [4.78, 5) is 10.5. The number of unbranched alkanes of at least 4 members (excludes halogenated alkanes) is 1. The number of anilines is 1. The molecule has 0 heterocycles. The number of alkyl halides is 3. The van der Waals surface area contributed by atoms with Crippen LogP contribution in [0, 0.1) is 11.8 Å². The Morgan fingerprint density at radius 2 is 1.87 bits per heavy atom.